The summed E-state index contributed by atoms with van der Waals surface area (Å²) in [5, 5.41) is 8.87. The number of rotatable bonds is 2. The molecular formula is C14H13NO4. The Morgan fingerprint density at radius 3 is 2.84 bits per heavy atom. The smallest absolute Gasteiger partial charge is 0.371 e. The molecule has 5 nitrogen and oxygen atoms in total. The first-order valence-electron chi connectivity index (χ1n) is 6.03. The molecule has 1 N–H and O–H groups in total. The summed E-state index contributed by atoms with van der Waals surface area (Å²) in [6.07, 6.45) is 0. The lowest BCUT2D eigenvalue weighted by Gasteiger charge is -2.18. The molecule has 1 aromatic carbocycles. The molecule has 3 rings (SSSR count). The van der Waals surface area contributed by atoms with E-state index in [1.165, 1.54) is 6.07 Å². The number of carboxylic acids is 1. The summed E-state index contributed by atoms with van der Waals surface area (Å²) in [5.41, 5.74) is 1.06. The van der Waals surface area contributed by atoms with Gasteiger partial charge in [0.2, 0.25) is 5.76 Å². The van der Waals surface area contributed by atoms with Crippen LogP contribution in [0.1, 0.15) is 16.1 Å². The van der Waals surface area contributed by atoms with E-state index >= 15 is 0 Å². The Labute approximate surface area is 110 Å². The van der Waals surface area contributed by atoms with Crippen LogP contribution in [0.5, 0.6) is 5.75 Å². The maximum absolute atomic E-state index is 10.8. The number of benzene rings is 1. The summed E-state index contributed by atoms with van der Waals surface area (Å²) in [7, 11) is 0. The largest absolute Gasteiger partial charge is 0.491 e. The lowest BCUT2D eigenvalue weighted by molar-refractivity contribution is 0.0663. The number of nitrogens with zero attached hydrogens (tertiary/aromatic N) is 1. The van der Waals surface area contributed by atoms with Crippen molar-refractivity contribution in [3.8, 4) is 5.75 Å². The first-order valence-corrected chi connectivity index (χ1v) is 6.03. The quantitative estimate of drug-likeness (QED) is 0.897. The average molecular weight is 259 g/mol. The number of fused-ring (bicyclic) bond motifs is 1. The molecule has 98 valence electrons. The van der Waals surface area contributed by atoms with Crippen LogP contribution in [0.15, 0.2) is 40.8 Å². The third-order valence-corrected chi connectivity index (χ3v) is 3.07. The van der Waals surface area contributed by atoms with E-state index in [2.05, 4.69) is 0 Å². The summed E-state index contributed by atoms with van der Waals surface area (Å²) in [6, 6.07) is 11.0. The molecule has 0 fully saturated rings. The van der Waals surface area contributed by atoms with E-state index in [1.54, 1.807) is 6.07 Å². The van der Waals surface area contributed by atoms with Crippen LogP contribution in [0, 0.1) is 0 Å². The Kier molecular flexibility index (Phi) is 2.87. The molecule has 1 aliphatic rings. The molecule has 1 aromatic heterocycles. The Morgan fingerprint density at radius 2 is 2.05 bits per heavy atom. The molecule has 5 heteroatoms. The maximum atomic E-state index is 10.8. The highest BCUT2D eigenvalue weighted by Gasteiger charge is 2.19. The van der Waals surface area contributed by atoms with Gasteiger partial charge in [0.25, 0.3) is 0 Å². The average Bonchev–Trinajstić information content (AvgIpc) is 2.80. The minimum absolute atomic E-state index is 0.0477. The number of furan rings is 1. The van der Waals surface area contributed by atoms with E-state index in [1.807, 2.05) is 29.2 Å². The van der Waals surface area contributed by atoms with Crippen molar-refractivity contribution < 1.29 is 19.1 Å². The van der Waals surface area contributed by atoms with Gasteiger partial charge < -0.3 is 19.2 Å². The highest BCUT2D eigenvalue weighted by molar-refractivity contribution is 5.84. The van der Waals surface area contributed by atoms with Gasteiger partial charge in [-0.2, -0.15) is 0 Å². The molecule has 0 radical (unpaired) electrons. The summed E-state index contributed by atoms with van der Waals surface area (Å²) < 4.78 is 11.0. The number of carboxylic acid groups (broad SMARTS) is 1. The lowest BCUT2D eigenvalue weighted by atomic mass is 10.2. The highest BCUT2D eigenvalue weighted by atomic mass is 16.5. The Bertz CT molecular complexity index is 605. The van der Waals surface area contributed by atoms with Gasteiger partial charge in [0.05, 0.1) is 6.54 Å². The van der Waals surface area contributed by atoms with Crippen LogP contribution in [0.2, 0.25) is 0 Å². The Hall–Kier alpha value is -2.43. The minimum Gasteiger partial charge on any atom is -0.491 e. The van der Waals surface area contributed by atoms with E-state index in [4.69, 9.17) is 14.3 Å². The molecule has 19 heavy (non-hydrogen) atoms. The van der Waals surface area contributed by atoms with Crippen molar-refractivity contribution in [3.63, 3.8) is 0 Å². The molecule has 0 aliphatic carbocycles. The van der Waals surface area contributed by atoms with Crippen LogP contribution in [-0.2, 0) is 6.54 Å². The first-order chi connectivity index (χ1) is 9.24. The summed E-state index contributed by atoms with van der Waals surface area (Å²) in [6.45, 7) is 1.84. The molecule has 0 spiro atoms. The van der Waals surface area contributed by atoms with Gasteiger partial charge in [-0.3, -0.25) is 0 Å². The molecule has 0 unspecified atom stereocenters. The van der Waals surface area contributed by atoms with Gasteiger partial charge in [-0.1, -0.05) is 18.2 Å². The van der Waals surface area contributed by atoms with Crippen molar-refractivity contribution in [1.29, 1.82) is 0 Å². The zero-order valence-electron chi connectivity index (χ0n) is 10.2. The van der Waals surface area contributed by atoms with Gasteiger partial charge >= 0.3 is 5.97 Å². The Morgan fingerprint density at radius 1 is 1.21 bits per heavy atom. The lowest BCUT2D eigenvalue weighted by Crippen LogP contribution is -2.24. The van der Waals surface area contributed by atoms with Gasteiger partial charge in [-0.25, -0.2) is 4.79 Å². The van der Waals surface area contributed by atoms with E-state index in [0.717, 1.165) is 11.3 Å². The molecule has 0 saturated carbocycles. The second-order valence-corrected chi connectivity index (χ2v) is 4.32. The van der Waals surface area contributed by atoms with Crippen molar-refractivity contribution in [2.24, 2.45) is 0 Å². The fraction of sp³-hybridized carbons (Fsp3) is 0.214. The Balaban J connectivity index is 1.87. The molecule has 0 amide bonds. The number of hydrogen-bond donors (Lipinski definition) is 1. The molecular weight excluding hydrogens is 246 g/mol. The van der Waals surface area contributed by atoms with Crippen molar-refractivity contribution >= 4 is 11.9 Å². The van der Waals surface area contributed by atoms with Gasteiger partial charge in [-0.15, -0.1) is 0 Å². The fourth-order valence-corrected chi connectivity index (χ4v) is 2.13. The predicted molar refractivity (Wildman–Crippen MR) is 68.7 cm³/mol. The van der Waals surface area contributed by atoms with Crippen molar-refractivity contribution in [2.45, 2.75) is 6.54 Å². The third-order valence-electron chi connectivity index (χ3n) is 3.07. The molecule has 1 aliphatic heterocycles. The van der Waals surface area contributed by atoms with E-state index in [-0.39, 0.29) is 5.76 Å². The normalized spacial score (nSPS) is 14.4. The van der Waals surface area contributed by atoms with Crippen molar-refractivity contribution in [1.82, 2.24) is 0 Å². The third kappa shape index (κ3) is 2.27. The van der Waals surface area contributed by atoms with Crippen LogP contribution in [0.3, 0.4) is 0 Å². The number of carbonyl (C=O) groups is 1. The second kappa shape index (κ2) is 4.68. The van der Waals surface area contributed by atoms with E-state index in [0.29, 0.717) is 25.6 Å². The highest BCUT2D eigenvalue weighted by Crippen LogP contribution is 2.27. The molecule has 0 bridgehead atoms. The molecule has 2 heterocycles. The SMILES string of the molecule is O=C(O)c1ccc(N2CCOc3ccccc3C2)o1. The van der Waals surface area contributed by atoms with Crippen molar-refractivity contribution in [2.75, 3.05) is 18.1 Å². The number of aromatic carboxylic acids is 1. The molecule has 2 aromatic rings. The summed E-state index contributed by atoms with van der Waals surface area (Å²) in [5.74, 6) is 0.318. The van der Waals surface area contributed by atoms with Gasteiger partial charge in [0.1, 0.15) is 12.4 Å². The zero-order valence-corrected chi connectivity index (χ0v) is 10.2. The topological polar surface area (TPSA) is 62.9 Å². The van der Waals surface area contributed by atoms with Crippen molar-refractivity contribution in [3.05, 3.63) is 47.7 Å². The summed E-state index contributed by atoms with van der Waals surface area (Å²) >= 11 is 0. The maximum Gasteiger partial charge on any atom is 0.371 e. The monoisotopic (exact) mass is 259 g/mol. The number of ether oxygens (including phenoxy) is 1. The zero-order chi connectivity index (χ0) is 13.2. The number of anilines is 1. The minimum atomic E-state index is -1.06. The molecule has 0 atom stereocenters. The molecule has 0 saturated heterocycles. The van der Waals surface area contributed by atoms with E-state index < -0.39 is 5.97 Å². The summed E-state index contributed by atoms with van der Waals surface area (Å²) in [4.78, 5) is 12.8. The standard InChI is InChI=1S/C14H13NO4/c16-14(17)12-5-6-13(19-12)15-7-8-18-11-4-2-1-3-10(11)9-15/h1-6H,7-9H2,(H,16,17). The predicted octanol–water partition coefficient (Wildman–Crippen LogP) is 2.38. The number of hydrogen-bond acceptors (Lipinski definition) is 4. The fourth-order valence-electron chi connectivity index (χ4n) is 2.13. The van der Waals surface area contributed by atoms with E-state index in [9.17, 15) is 4.79 Å². The van der Waals surface area contributed by atoms with Crippen LogP contribution in [0.4, 0.5) is 5.88 Å². The van der Waals surface area contributed by atoms with Crippen LogP contribution < -0.4 is 9.64 Å². The van der Waals surface area contributed by atoms with Gasteiger partial charge in [-0.05, 0) is 12.1 Å². The first kappa shape index (κ1) is 11.6. The van der Waals surface area contributed by atoms with Crippen LogP contribution in [0.25, 0.3) is 0 Å². The van der Waals surface area contributed by atoms with Crippen LogP contribution >= 0.6 is 0 Å². The van der Waals surface area contributed by atoms with Crippen LogP contribution in [-0.4, -0.2) is 24.2 Å². The van der Waals surface area contributed by atoms with Gasteiger partial charge in [0, 0.05) is 18.2 Å². The van der Waals surface area contributed by atoms with Gasteiger partial charge in [0.15, 0.2) is 5.88 Å². The second-order valence-electron chi connectivity index (χ2n) is 4.32. The number of para-hydroxylation sites is 1.